The molecule has 39 heavy (non-hydrogen) atoms. The number of nitrogens with one attached hydrogen (secondary N) is 1. The largest absolute Gasteiger partial charge is 0.502 e. The van der Waals surface area contributed by atoms with Gasteiger partial charge in [0.25, 0.3) is 0 Å². The maximum absolute atomic E-state index is 11.6. The van der Waals surface area contributed by atoms with E-state index in [9.17, 15) is 4.79 Å². The minimum absolute atomic E-state index is 0.0778. The Kier molecular flexibility index (Phi) is 9.51. The number of hydrogen-bond donors (Lipinski definition) is 1. The number of rotatable bonds is 4. The topological polar surface area (TPSA) is 44.8 Å². The normalized spacial score (nSPS) is 16.7. The number of aryl methyl sites for hydroxylation is 6. The van der Waals surface area contributed by atoms with Gasteiger partial charge in [-0.25, -0.2) is 0 Å². The van der Waals surface area contributed by atoms with Crippen LogP contribution in [0, 0.1) is 48.2 Å². The standard InChI is InChI=1S/C21H27N2.C11H11NO2.ClH.Ru/c1-14-9-16(3)20(17(4)10-14)22-7-8-23(13-22)21-18(5)11-15(2)12-19(21)6;1-3-9-11(13)12-8-6-4-5-7(2)10(8)14-9;;/h9-13H,7-8H2,1-6H3;2,4-6,9H,3H2,1H3,(H,12,13);1H;/q-1;;;+1/p-1. The monoisotopic (exact) mass is 633 g/mol. The summed E-state index contributed by atoms with van der Waals surface area (Å²) >= 11 is -0.303. The molecule has 5 nitrogen and oxygen atoms in total. The van der Waals surface area contributed by atoms with E-state index in [1.165, 1.54) is 44.8 Å². The zero-order valence-corrected chi connectivity index (χ0v) is 26.3. The van der Waals surface area contributed by atoms with Gasteiger partial charge in [0.2, 0.25) is 0 Å². The fourth-order valence-corrected chi connectivity index (χ4v) is 6.76. The first-order valence-electron chi connectivity index (χ1n) is 13.3. The summed E-state index contributed by atoms with van der Waals surface area (Å²) in [5, 5.41) is 2.84. The second-order valence-corrected chi connectivity index (χ2v) is 12.2. The average Bonchev–Trinajstić information content (AvgIpc) is 3.32. The van der Waals surface area contributed by atoms with Crippen molar-refractivity contribution in [3.8, 4) is 5.75 Å². The number of anilines is 3. The van der Waals surface area contributed by atoms with Gasteiger partial charge in [0.05, 0.1) is 0 Å². The SMILES string of the molecule is CCC1Oc2c([CH]=[Ru][Cl])cccc2NC1=O.Cc1cc(C)c(N2[CH-]N(c3c(C)cc(C)cc3C)CC2)c(C)c1. The summed E-state index contributed by atoms with van der Waals surface area (Å²) in [5.74, 6) is 0.662. The maximum Gasteiger partial charge on any atom is 0.0146 e. The minimum atomic E-state index is -0.395. The molecule has 7 heteroatoms. The van der Waals surface area contributed by atoms with Crippen LogP contribution in [0.5, 0.6) is 5.75 Å². The van der Waals surface area contributed by atoms with Crippen molar-refractivity contribution >= 4 is 37.3 Å². The van der Waals surface area contributed by atoms with Crippen LogP contribution in [0.1, 0.15) is 52.3 Å². The van der Waals surface area contributed by atoms with Crippen LogP contribution < -0.4 is 19.9 Å². The van der Waals surface area contributed by atoms with Gasteiger partial charge in [0.15, 0.2) is 0 Å². The molecule has 1 fully saturated rings. The van der Waals surface area contributed by atoms with Crippen molar-refractivity contribution in [3.63, 3.8) is 0 Å². The van der Waals surface area contributed by atoms with Crippen molar-refractivity contribution in [2.75, 3.05) is 28.2 Å². The van der Waals surface area contributed by atoms with E-state index in [4.69, 9.17) is 14.4 Å². The maximum atomic E-state index is 11.6. The van der Waals surface area contributed by atoms with Gasteiger partial charge in [0, 0.05) is 24.5 Å². The van der Waals surface area contributed by atoms with Gasteiger partial charge in [-0.3, -0.25) is 0 Å². The number of benzene rings is 3. The number of amides is 1. The predicted octanol–water partition coefficient (Wildman–Crippen LogP) is 7.17. The minimum Gasteiger partial charge on any atom is -0.502 e. The third-order valence-electron chi connectivity index (χ3n) is 7.08. The fraction of sp³-hybridized carbons (Fsp3) is 0.344. The smallest absolute Gasteiger partial charge is 0.0146 e. The summed E-state index contributed by atoms with van der Waals surface area (Å²) in [4.78, 5) is 16.4. The summed E-state index contributed by atoms with van der Waals surface area (Å²) in [6, 6.07) is 14.8. The molecule has 0 spiro atoms. The molecule has 1 unspecified atom stereocenters. The van der Waals surface area contributed by atoms with Crippen LogP contribution in [-0.2, 0) is 20.5 Å². The van der Waals surface area contributed by atoms with Crippen LogP contribution in [0.2, 0.25) is 0 Å². The number of para-hydroxylation sites is 1. The molecule has 5 rings (SSSR count). The van der Waals surface area contributed by atoms with Crippen molar-refractivity contribution in [2.24, 2.45) is 0 Å². The fourth-order valence-electron chi connectivity index (χ4n) is 5.67. The quantitative estimate of drug-likeness (QED) is 0.245. The molecule has 1 amide bonds. The van der Waals surface area contributed by atoms with Crippen LogP contribution in [0.4, 0.5) is 17.1 Å². The molecular weight excluding hydrogens is 595 g/mol. The number of ether oxygens (including phenoxy) is 1. The van der Waals surface area contributed by atoms with E-state index in [1.807, 2.05) is 29.7 Å². The summed E-state index contributed by atoms with van der Waals surface area (Å²) in [5.41, 5.74) is 12.5. The predicted molar refractivity (Wildman–Crippen MR) is 161 cm³/mol. The first-order valence-corrected chi connectivity index (χ1v) is 16.6. The number of nitrogens with zero attached hydrogens (tertiary/aromatic N) is 2. The van der Waals surface area contributed by atoms with Crippen LogP contribution in [-0.4, -0.2) is 29.7 Å². The van der Waals surface area contributed by atoms with E-state index < -0.39 is 6.10 Å². The number of fused-ring (bicyclic) bond motifs is 1. The summed E-state index contributed by atoms with van der Waals surface area (Å²) in [6.07, 6.45) is 0.265. The number of hydrogen-bond acceptors (Lipinski definition) is 4. The Balaban J connectivity index is 0.000000193. The Morgan fingerprint density at radius 1 is 0.949 bits per heavy atom. The molecule has 2 aliphatic rings. The molecule has 0 aromatic heterocycles. The molecule has 1 N–H and O–H groups in total. The first-order chi connectivity index (χ1) is 18.6. The molecule has 3 aromatic rings. The van der Waals surface area contributed by atoms with E-state index in [-0.39, 0.29) is 21.6 Å². The van der Waals surface area contributed by atoms with Crippen molar-refractivity contribution < 1.29 is 25.2 Å². The van der Waals surface area contributed by atoms with Crippen molar-refractivity contribution in [2.45, 2.75) is 61.0 Å². The van der Waals surface area contributed by atoms with Crippen LogP contribution in [0.25, 0.3) is 0 Å². The van der Waals surface area contributed by atoms with Crippen molar-refractivity contribution in [1.82, 2.24) is 0 Å². The van der Waals surface area contributed by atoms with Gasteiger partial charge >= 0.3 is 105 Å². The summed E-state index contributed by atoms with van der Waals surface area (Å²) in [7, 11) is 5.77. The Hall–Kier alpha value is -2.69. The number of carbonyl (C=O) groups is 1. The summed E-state index contributed by atoms with van der Waals surface area (Å²) in [6.45, 7) is 19.5. The molecule has 0 bridgehead atoms. The molecule has 1 atom stereocenters. The number of halogens is 1. The van der Waals surface area contributed by atoms with Crippen LogP contribution >= 0.6 is 9.69 Å². The summed E-state index contributed by atoms with van der Waals surface area (Å²) < 4.78 is 7.65. The van der Waals surface area contributed by atoms with E-state index in [2.05, 4.69) is 87.6 Å². The molecular formula is C32H38ClN3O2Ru-. The van der Waals surface area contributed by atoms with Crippen LogP contribution in [0.15, 0.2) is 42.5 Å². The molecule has 1 saturated heterocycles. The van der Waals surface area contributed by atoms with Gasteiger partial charge in [-0.1, -0.05) is 35.4 Å². The van der Waals surface area contributed by atoms with Gasteiger partial charge in [-0.2, -0.15) is 6.67 Å². The Morgan fingerprint density at radius 2 is 1.46 bits per heavy atom. The van der Waals surface area contributed by atoms with E-state index in [0.717, 1.165) is 30.1 Å². The van der Waals surface area contributed by atoms with Gasteiger partial charge in [0.1, 0.15) is 0 Å². The second-order valence-electron chi connectivity index (χ2n) is 10.4. The third-order valence-corrected chi connectivity index (χ3v) is 8.27. The molecule has 0 saturated carbocycles. The van der Waals surface area contributed by atoms with E-state index in [1.54, 1.807) is 0 Å². The number of carbonyl (C=O) groups excluding carboxylic acids is 1. The zero-order valence-electron chi connectivity index (χ0n) is 23.8. The molecule has 3 aromatic carbocycles. The Morgan fingerprint density at radius 3 is 1.92 bits per heavy atom. The molecule has 2 aliphatic heterocycles. The van der Waals surface area contributed by atoms with Crippen molar-refractivity contribution in [3.05, 3.63) is 88.1 Å². The Labute approximate surface area is 244 Å². The van der Waals surface area contributed by atoms with E-state index >= 15 is 0 Å². The Bertz CT molecular complexity index is 1290. The van der Waals surface area contributed by atoms with Gasteiger partial charge < -0.3 is 9.80 Å². The first kappa shape index (κ1) is 29.3. The van der Waals surface area contributed by atoms with Crippen LogP contribution in [0.3, 0.4) is 0 Å². The second kappa shape index (κ2) is 12.7. The van der Waals surface area contributed by atoms with Gasteiger partial charge in [-0.15, -0.1) is 0 Å². The average molecular weight is 633 g/mol. The molecule has 2 heterocycles. The molecule has 209 valence electrons. The van der Waals surface area contributed by atoms with Crippen molar-refractivity contribution in [1.29, 1.82) is 0 Å². The zero-order chi connectivity index (χ0) is 28.3. The molecule has 0 radical (unpaired) electrons. The third kappa shape index (κ3) is 6.56. The van der Waals surface area contributed by atoms with E-state index in [0.29, 0.717) is 6.42 Å². The molecule has 0 aliphatic carbocycles. The van der Waals surface area contributed by atoms with Gasteiger partial charge in [-0.05, 0) is 63.8 Å².